The van der Waals surface area contributed by atoms with Gasteiger partial charge in [-0.25, -0.2) is 8.78 Å². The molecular formula is C14H19ClF2N2O3. The van der Waals surface area contributed by atoms with E-state index in [4.69, 9.17) is 26.8 Å². The predicted octanol–water partition coefficient (Wildman–Crippen LogP) is 2.46. The van der Waals surface area contributed by atoms with Crippen molar-refractivity contribution in [2.45, 2.75) is 19.3 Å². The molecule has 1 aromatic rings. The molecule has 0 aliphatic carbocycles. The van der Waals surface area contributed by atoms with Crippen LogP contribution in [0, 0.1) is 0 Å². The molecule has 124 valence electrons. The van der Waals surface area contributed by atoms with Crippen molar-refractivity contribution in [3.63, 3.8) is 0 Å². The Hall–Kier alpha value is -1.60. The van der Waals surface area contributed by atoms with Gasteiger partial charge in [-0.2, -0.15) is 0 Å². The second-order valence-electron chi connectivity index (χ2n) is 4.58. The smallest absolute Gasteiger partial charge is 0.277 e. The van der Waals surface area contributed by atoms with Crippen LogP contribution in [-0.2, 0) is 0 Å². The summed E-state index contributed by atoms with van der Waals surface area (Å²) in [5.74, 6) is -3.28. The first-order valence-corrected chi connectivity index (χ1v) is 7.08. The molecule has 0 heterocycles. The third-order valence-electron chi connectivity index (χ3n) is 2.75. The summed E-state index contributed by atoms with van der Waals surface area (Å²) < 4.78 is 36.7. The van der Waals surface area contributed by atoms with Crippen molar-refractivity contribution in [1.29, 1.82) is 0 Å². The zero-order valence-corrected chi connectivity index (χ0v) is 13.2. The molecule has 0 saturated carbocycles. The van der Waals surface area contributed by atoms with Gasteiger partial charge in [-0.1, -0.05) is 18.5 Å². The number of carbonyl (C=O) groups excluding carboxylic acids is 1. The molecule has 0 saturated heterocycles. The van der Waals surface area contributed by atoms with Crippen LogP contribution in [0.15, 0.2) is 12.1 Å². The van der Waals surface area contributed by atoms with Crippen LogP contribution in [0.5, 0.6) is 11.5 Å². The standard InChI is InChI=1S/C14H19ClF2N2O3/c1-3-4-22-12-10(15)5-9(6-11(12)21-2)13(20)19-8-14(16,17)7-18/h5-6H,3-4,7-8,18H2,1-2H3,(H,19,20). The topological polar surface area (TPSA) is 73.6 Å². The molecule has 1 amide bonds. The number of methoxy groups -OCH3 is 1. The number of carbonyl (C=O) groups is 1. The number of hydrogen-bond donors (Lipinski definition) is 2. The monoisotopic (exact) mass is 336 g/mol. The molecule has 8 heteroatoms. The predicted molar refractivity (Wildman–Crippen MR) is 80.1 cm³/mol. The molecule has 3 N–H and O–H groups in total. The SMILES string of the molecule is CCCOc1c(Cl)cc(C(=O)NCC(F)(F)CN)cc1OC. The highest BCUT2D eigenvalue weighted by Crippen LogP contribution is 2.36. The molecule has 22 heavy (non-hydrogen) atoms. The fourth-order valence-electron chi connectivity index (χ4n) is 1.58. The fourth-order valence-corrected chi connectivity index (χ4v) is 1.84. The zero-order valence-electron chi connectivity index (χ0n) is 12.4. The van der Waals surface area contributed by atoms with Crippen molar-refractivity contribution in [1.82, 2.24) is 5.32 Å². The maximum atomic E-state index is 13.0. The molecular weight excluding hydrogens is 318 g/mol. The van der Waals surface area contributed by atoms with Gasteiger partial charge in [0.1, 0.15) is 0 Å². The van der Waals surface area contributed by atoms with E-state index in [1.54, 1.807) is 0 Å². The van der Waals surface area contributed by atoms with Gasteiger partial charge in [-0.15, -0.1) is 0 Å². The number of alkyl halides is 2. The quantitative estimate of drug-likeness (QED) is 0.765. The minimum Gasteiger partial charge on any atom is -0.493 e. The van der Waals surface area contributed by atoms with Gasteiger partial charge in [0.25, 0.3) is 11.8 Å². The van der Waals surface area contributed by atoms with Crippen molar-refractivity contribution in [3.05, 3.63) is 22.7 Å². The largest absolute Gasteiger partial charge is 0.493 e. The highest BCUT2D eigenvalue weighted by atomic mass is 35.5. The van der Waals surface area contributed by atoms with Crippen molar-refractivity contribution in [2.24, 2.45) is 5.73 Å². The number of rotatable bonds is 8. The summed E-state index contributed by atoms with van der Waals surface area (Å²) in [4.78, 5) is 11.9. The zero-order chi connectivity index (χ0) is 16.8. The van der Waals surface area contributed by atoms with Crippen LogP contribution in [0.4, 0.5) is 8.78 Å². The number of halogens is 3. The van der Waals surface area contributed by atoms with E-state index in [-0.39, 0.29) is 16.3 Å². The third-order valence-corrected chi connectivity index (χ3v) is 3.03. The van der Waals surface area contributed by atoms with Crippen LogP contribution < -0.4 is 20.5 Å². The van der Waals surface area contributed by atoms with E-state index in [0.29, 0.717) is 12.4 Å². The summed E-state index contributed by atoms with van der Waals surface area (Å²) in [5.41, 5.74) is 5.00. The molecule has 1 rings (SSSR count). The fraction of sp³-hybridized carbons (Fsp3) is 0.500. The second-order valence-corrected chi connectivity index (χ2v) is 4.99. The normalized spacial score (nSPS) is 11.2. The second kappa shape index (κ2) is 8.14. The van der Waals surface area contributed by atoms with Gasteiger partial charge in [-0.05, 0) is 18.6 Å². The lowest BCUT2D eigenvalue weighted by Gasteiger charge is -2.16. The molecule has 0 bridgehead atoms. The number of nitrogens with one attached hydrogen (secondary N) is 1. The Bertz CT molecular complexity index is 527. The average Bonchev–Trinajstić information content (AvgIpc) is 2.50. The Kier molecular flexibility index (Phi) is 6.83. The summed E-state index contributed by atoms with van der Waals surface area (Å²) in [6.45, 7) is 0.668. The highest BCUT2D eigenvalue weighted by Gasteiger charge is 2.27. The number of amides is 1. The average molecular weight is 337 g/mol. The summed E-state index contributed by atoms with van der Waals surface area (Å²) >= 11 is 6.06. The van der Waals surface area contributed by atoms with Gasteiger partial charge in [0, 0.05) is 5.56 Å². The van der Waals surface area contributed by atoms with E-state index in [9.17, 15) is 13.6 Å². The Labute approximate surface area is 132 Å². The Balaban J connectivity index is 2.92. The molecule has 0 atom stereocenters. The molecule has 1 aromatic carbocycles. The number of benzene rings is 1. The van der Waals surface area contributed by atoms with E-state index in [1.807, 2.05) is 6.92 Å². The number of nitrogens with two attached hydrogens (primary N) is 1. The maximum absolute atomic E-state index is 13.0. The molecule has 0 fully saturated rings. The van der Waals surface area contributed by atoms with E-state index in [2.05, 4.69) is 5.32 Å². The van der Waals surface area contributed by atoms with E-state index in [1.165, 1.54) is 19.2 Å². The Morgan fingerprint density at radius 3 is 2.68 bits per heavy atom. The van der Waals surface area contributed by atoms with Crippen LogP contribution in [0.2, 0.25) is 5.02 Å². The maximum Gasteiger partial charge on any atom is 0.277 e. The first kappa shape index (κ1) is 18.4. The summed E-state index contributed by atoms with van der Waals surface area (Å²) in [6.07, 6.45) is 0.774. The minimum absolute atomic E-state index is 0.0959. The minimum atomic E-state index is -3.16. The lowest BCUT2D eigenvalue weighted by molar-refractivity contribution is 0.0118. The van der Waals surface area contributed by atoms with Crippen molar-refractivity contribution in [3.8, 4) is 11.5 Å². The first-order chi connectivity index (χ1) is 10.3. The summed E-state index contributed by atoms with van der Waals surface area (Å²) in [7, 11) is 1.40. The molecule has 0 aliphatic rings. The van der Waals surface area contributed by atoms with Gasteiger partial charge in [0.2, 0.25) is 0 Å². The summed E-state index contributed by atoms with van der Waals surface area (Å²) in [5, 5.41) is 2.28. The van der Waals surface area contributed by atoms with Gasteiger partial charge >= 0.3 is 0 Å². The summed E-state index contributed by atoms with van der Waals surface area (Å²) in [6, 6.07) is 2.72. The van der Waals surface area contributed by atoms with Crippen LogP contribution in [0.25, 0.3) is 0 Å². The van der Waals surface area contributed by atoms with Gasteiger partial charge in [0.05, 0.1) is 31.8 Å². The van der Waals surface area contributed by atoms with Crippen molar-refractivity contribution < 1.29 is 23.0 Å². The van der Waals surface area contributed by atoms with Crippen molar-refractivity contribution >= 4 is 17.5 Å². The lowest BCUT2D eigenvalue weighted by atomic mass is 10.1. The number of ether oxygens (including phenoxy) is 2. The highest BCUT2D eigenvalue weighted by molar-refractivity contribution is 6.32. The molecule has 0 aromatic heterocycles. The van der Waals surface area contributed by atoms with Crippen LogP contribution in [0.3, 0.4) is 0 Å². The first-order valence-electron chi connectivity index (χ1n) is 6.71. The van der Waals surface area contributed by atoms with Gasteiger partial charge < -0.3 is 20.5 Å². The van der Waals surface area contributed by atoms with Crippen LogP contribution in [-0.4, -0.2) is 38.6 Å². The van der Waals surface area contributed by atoms with E-state index < -0.39 is 24.9 Å². The van der Waals surface area contributed by atoms with Gasteiger partial charge in [0.15, 0.2) is 11.5 Å². The van der Waals surface area contributed by atoms with Crippen LogP contribution in [0.1, 0.15) is 23.7 Å². The van der Waals surface area contributed by atoms with Crippen molar-refractivity contribution in [2.75, 3.05) is 26.8 Å². The van der Waals surface area contributed by atoms with E-state index >= 15 is 0 Å². The Morgan fingerprint density at radius 1 is 1.45 bits per heavy atom. The molecule has 5 nitrogen and oxygen atoms in total. The molecule has 0 spiro atoms. The van der Waals surface area contributed by atoms with Gasteiger partial charge in [-0.3, -0.25) is 4.79 Å². The molecule has 0 radical (unpaired) electrons. The Morgan fingerprint density at radius 2 is 2.14 bits per heavy atom. The third kappa shape index (κ3) is 4.99. The van der Waals surface area contributed by atoms with E-state index in [0.717, 1.165) is 6.42 Å². The molecule has 0 unspecified atom stereocenters. The number of hydrogen-bond acceptors (Lipinski definition) is 4. The van der Waals surface area contributed by atoms with Crippen LogP contribution >= 0.6 is 11.6 Å². The molecule has 0 aliphatic heterocycles. The lowest BCUT2D eigenvalue weighted by Crippen LogP contribution is -2.41.